The topological polar surface area (TPSA) is 85.0 Å². The summed E-state index contributed by atoms with van der Waals surface area (Å²) in [6.45, 7) is 2.61. The number of halogens is 1. The van der Waals surface area contributed by atoms with Gasteiger partial charge in [-0.1, -0.05) is 42.5 Å². The Morgan fingerprint density at radius 1 is 0.975 bits per heavy atom. The highest BCUT2D eigenvalue weighted by Crippen LogP contribution is 2.36. The molecule has 9 heteroatoms. The molecule has 40 heavy (non-hydrogen) atoms. The Bertz CT molecular complexity index is 1480. The second-order valence-corrected chi connectivity index (χ2v) is 9.77. The molecule has 2 atom stereocenters. The maximum atomic E-state index is 14.1. The fraction of sp³-hybridized carbons (Fsp3) is 0.290. The number of anilines is 1. The minimum atomic E-state index is -0.362. The average molecular weight is 545 g/mol. The zero-order chi connectivity index (χ0) is 28.1. The zero-order valence-electron chi connectivity index (χ0n) is 22.8. The normalized spacial score (nSPS) is 17.1. The number of ether oxygens (including phenoxy) is 3. The van der Waals surface area contributed by atoms with Crippen molar-refractivity contribution in [1.29, 1.82) is 0 Å². The molecule has 0 bridgehead atoms. The molecule has 2 N–H and O–H groups in total. The SMILES string of the molecule is COCCN1C[C@@H](NC(=O)Nc2cc3cc(OC)c(OC)cc3nc2-c2ccccc2)[C@H](c2cccc(F)c2)C1. The lowest BCUT2D eigenvalue weighted by Gasteiger charge is -2.21. The molecule has 0 saturated carbocycles. The molecular formula is C31H33FN4O4. The highest BCUT2D eigenvalue weighted by molar-refractivity contribution is 5.98. The molecule has 0 unspecified atom stereocenters. The third-order valence-electron chi connectivity index (χ3n) is 7.22. The van der Waals surface area contributed by atoms with E-state index in [0.29, 0.717) is 48.1 Å². The molecule has 5 rings (SSSR count). The molecule has 4 aromatic rings. The Kier molecular flexibility index (Phi) is 8.42. The smallest absolute Gasteiger partial charge is 0.319 e. The van der Waals surface area contributed by atoms with Gasteiger partial charge in [0.25, 0.3) is 0 Å². The van der Waals surface area contributed by atoms with Crippen molar-refractivity contribution in [3.63, 3.8) is 0 Å². The van der Waals surface area contributed by atoms with Crippen LogP contribution < -0.4 is 20.1 Å². The summed E-state index contributed by atoms with van der Waals surface area (Å²) < 4.78 is 30.3. The van der Waals surface area contributed by atoms with Gasteiger partial charge in [0.15, 0.2) is 11.5 Å². The summed E-state index contributed by atoms with van der Waals surface area (Å²) in [5.41, 5.74) is 3.60. The van der Waals surface area contributed by atoms with Crippen LogP contribution in [0.25, 0.3) is 22.2 Å². The summed E-state index contributed by atoms with van der Waals surface area (Å²) in [6.07, 6.45) is 0. The molecule has 1 aliphatic heterocycles. The molecule has 0 aliphatic carbocycles. The van der Waals surface area contributed by atoms with E-state index < -0.39 is 0 Å². The summed E-state index contributed by atoms with van der Waals surface area (Å²) in [5.74, 6) is 0.776. The number of carbonyl (C=O) groups excluding carboxylic acids is 1. The van der Waals surface area contributed by atoms with Crippen molar-refractivity contribution in [3.8, 4) is 22.8 Å². The first-order valence-corrected chi connectivity index (χ1v) is 13.2. The van der Waals surface area contributed by atoms with Crippen LogP contribution in [0.4, 0.5) is 14.9 Å². The molecule has 1 aliphatic rings. The summed E-state index contributed by atoms with van der Waals surface area (Å²) in [6, 6.07) is 21.2. The first-order chi connectivity index (χ1) is 19.5. The second-order valence-electron chi connectivity index (χ2n) is 9.77. The van der Waals surface area contributed by atoms with Crippen molar-refractivity contribution in [3.05, 3.63) is 84.2 Å². The number of pyridine rings is 1. The molecule has 1 fully saturated rings. The van der Waals surface area contributed by atoms with Crippen LogP contribution in [0.15, 0.2) is 72.8 Å². The number of urea groups is 1. The number of nitrogens with zero attached hydrogens (tertiary/aromatic N) is 2. The van der Waals surface area contributed by atoms with E-state index in [0.717, 1.165) is 23.1 Å². The highest BCUT2D eigenvalue weighted by atomic mass is 19.1. The number of hydrogen-bond donors (Lipinski definition) is 2. The summed E-state index contributed by atoms with van der Waals surface area (Å²) in [4.78, 5) is 20.6. The molecule has 0 radical (unpaired) electrons. The lowest BCUT2D eigenvalue weighted by atomic mass is 9.94. The van der Waals surface area contributed by atoms with Gasteiger partial charge in [-0.25, -0.2) is 14.2 Å². The van der Waals surface area contributed by atoms with Crippen molar-refractivity contribution in [1.82, 2.24) is 15.2 Å². The number of fused-ring (bicyclic) bond motifs is 1. The van der Waals surface area contributed by atoms with E-state index in [9.17, 15) is 9.18 Å². The molecule has 2 amide bonds. The Hall–Kier alpha value is -4.21. The molecule has 2 heterocycles. The molecule has 1 saturated heterocycles. The van der Waals surface area contributed by atoms with Gasteiger partial charge in [0, 0.05) is 49.7 Å². The second kappa shape index (κ2) is 12.3. The van der Waals surface area contributed by atoms with E-state index in [1.807, 2.05) is 54.6 Å². The zero-order valence-corrected chi connectivity index (χ0v) is 22.8. The van der Waals surface area contributed by atoms with Gasteiger partial charge in [0.2, 0.25) is 0 Å². The van der Waals surface area contributed by atoms with Crippen LogP contribution in [0.3, 0.4) is 0 Å². The minimum absolute atomic E-state index is 0.0710. The third-order valence-corrected chi connectivity index (χ3v) is 7.22. The molecular weight excluding hydrogens is 511 g/mol. The van der Waals surface area contributed by atoms with Crippen LogP contribution in [0.5, 0.6) is 11.5 Å². The predicted molar refractivity (Wildman–Crippen MR) is 154 cm³/mol. The molecule has 1 aromatic heterocycles. The largest absolute Gasteiger partial charge is 0.493 e. The minimum Gasteiger partial charge on any atom is -0.493 e. The van der Waals surface area contributed by atoms with E-state index in [4.69, 9.17) is 19.2 Å². The van der Waals surface area contributed by atoms with Crippen LogP contribution >= 0.6 is 0 Å². The number of carbonyl (C=O) groups is 1. The number of nitrogens with one attached hydrogen (secondary N) is 2. The van der Waals surface area contributed by atoms with Crippen LogP contribution in [0, 0.1) is 5.82 Å². The maximum absolute atomic E-state index is 14.1. The number of benzene rings is 3. The summed E-state index contributed by atoms with van der Waals surface area (Å²) in [5, 5.41) is 6.96. The van der Waals surface area contributed by atoms with E-state index in [-0.39, 0.29) is 23.8 Å². The number of rotatable bonds is 9. The van der Waals surface area contributed by atoms with Gasteiger partial charge < -0.3 is 24.8 Å². The Labute approximate surface area is 233 Å². The van der Waals surface area contributed by atoms with Crippen LogP contribution in [-0.2, 0) is 4.74 Å². The Morgan fingerprint density at radius 3 is 2.48 bits per heavy atom. The quantitative estimate of drug-likeness (QED) is 0.298. The van der Waals surface area contributed by atoms with Crippen molar-refractivity contribution in [2.75, 3.05) is 52.9 Å². The lowest BCUT2D eigenvalue weighted by molar-refractivity contribution is 0.159. The highest BCUT2D eigenvalue weighted by Gasteiger charge is 2.35. The first-order valence-electron chi connectivity index (χ1n) is 13.2. The maximum Gasteiger partial charge on any atom is 0.319 e. The first kappa shape index (κ1) is 27.4. The van der Waals surface area contributed by atoms with Crippen molar-refractivity contribution < 1.29 is 23.4 Å². The Balaban J connectivity index is 1.45. The van der Waals surface area contributed by atoms with Gasteiger partial charge in [0.05, 0.1) is 43.8 Å². The van der Waals surface area contributed by atoms with Gasteiger partial charge in [-0.3, -0.25) is 4.90 Å². The number of methoxy groups -OCH3 is 3. The monoisotopic (exact) mass is 544 g/mol. The molecule has 3 aromatic carbocycles. The van der Waals surface area contributed by atoms with E-state index in [1.165, 1.54) is 6.07 Å². The van der Waals surface area contributed by atoms with Crippen LogP contribution in [0.1, 0.15) is 11.5 Å². The fourth-order valence-electron chi connectivity index (χ4n) is 5.25. The van der Waals surface area contributed by atoms with Crippen molar-refractivity contribution >= 4 is 22.6 Å². The van der Waals surface area contributed by atoms with E-state index in [1.54, 1.807) is 33.5 Å². The van der Waals surface area contributed by atoms with Crippen molar-refractivity contribution in [2.45, 2.75) is 12.0 Å². The van der Waals surface area contributed by atoms with E-state index in [2.05, 4.69) is 15.5 Å². The third kappa shape index (κ3) is 6.00. The van der Waals surface area contributed by atoms with Crippen LogP contribution in [0.2, 0.25) is 0 Å². The van der Waals surface area contributed by atoms with Gasteiger partial charge in [-0.05, 0) is 29.8 Å². The van der Waals surface area contributed by atoms with Gasteiger partial charge in [0.1, 0.15) is 5.82 Å². The Morgan fingerprint density at radius 2 is 1.75 bits per heavy atom. The van der Waals surface area contributed by atoms with Gasteiger partial charge in [-0.15, -0.1) is 0 Å². The van der Waals surface area contributed by atoms with Gasteiger partial charge in [-0.2, -0.15) is 0 Å². The molecule has 0 spiro atoms. The number of hydrogen-bond acceptors (Lipinski definition) is 6. The lowest BCUT2D eigenvalue weighted by Crippen LogP contribution is -2.42. The van der Waals surface area contributed by atoms with Gasteiger partial charge >= 0.3 is 6.03 Å². The summed E-state index contributed by atoms with van der Waals surface area (Å²) >= 11 is 0. The molecule has 8 nitrogen and oxygen atoms in total. The fourth-order valence-corrected chi connectivity index (χ4v) is 5.25. The summed E-state index contributed by atoms with van der Waals surface area (Å²) in [7, 11) is 4.82. The number of likely N-dealkylation sites (tertiary alicyclic amines) is 1. The molecule has 208 valence electrons. The predicted octanol–water partition coefficient (Wildman–Crippen LogP) is 5.29. The van der Waals surface area contributed by atoms with Crippen molar-refractivity contribution in [2.24, 2.45) is 0 Å². The van der Waals surface area contributed by atoms with E-state index >= 15 is 0 Å². The number of amides is 2. The number of aromatic nitrogens is 1. The van der Waals surface area contributed by atoms with Crippen LogP contribution in [-0.4, -0.2) is 69.5 Å². The standard InChI is InChI=1S/C31H33FN4O4/c1-38-13-12-36-18-24(21-10-7-11-23(32)14-21)27(19-36)35-31(37)34-26-15-22-16-28(39-2)29(40-3)17-25(22)33-30(26)20-8-5-4-6-9-20/h4-11,14-17,24,27H,12-13,18-19H2,1-3H3,(H2,34,35,37)/t24-,27+/m0/s1. The average Bonchev–Trinajstić information content (AvgIpc) is 3.37.